The Kier molecular flexibility index (Phi) is 2.90. The number of H-pyrrole nitrogens is 1. The van der Waals surface area contributed by atoms with Gasteiger partial charge in [0.1, 0.15) is 0 Å². The molecule has 0 saturated heterocycles. The minimum absolute atomic E-state index is 0.932. The standard InChI is InChI=1S/C16H13N3S2/c1-9-5-14(19-18-9)13-7-11(3-4-17-13)15-8-12-6-10(2)20-16(12)21-15/h3-8H,1-2H3,(H,18,19). The van der Waals surface area contributed by atoms with Gasteiger partial charge >= 0.3 is 0 Å². The van der Waals surface area contributed by atoms with Gasteiger partial charge in [-0.15, -0.1) is 22.7 Å². The number of fused-ring (bicyclic) bond motifs is 1. The van der Waals surface area contributed by atoms with Crippen LogP contribution in [0.5, 0.6) is 0 Å². The van der Waals surface area contributed by atoms with E-state index in [-0.39, 0.29) is 0 Å². The van der Waals surface area contributed by atoms with Crippen LogP contribution in [0.2, 0.25) is 0 Å². The molecule has 0 unspecified atom stereocenters. The molecule has 0 atom stereocenters. The average Bonchev–Trinajstić information content (AvgIpc) is 3.13. The number of aromatic amines is 1. The van der Waals surface area contributed by atoms with E-state index in [4.69, 9.17) is 0 Å². The number of thiophene rings is 2. The maximum Gasteiger partial charge on any atom is 0.0886 e. The Morgan fingerprint density at radius 2 is 1.95 bits per heavy atom. The number of rotatable bonds is 2. The second kappa shape index (κ2) is 4.79. The summed E-state index contributed by atoms with van der Waals surface area (Å²) in [6.07, 6.45) is 1.86. The first-order chi connectivity index (χ1) is 10.2. The SMILES string of the molecule is Cc1cc(-c2cc(-c3cc4cc(C)sc4s3)ccn2)[nH]n1. The summed E-state index contributed by atoms with van der Waals surface area (Å²) in [5, 5.41) is 8.53. The molecule has 4 rings (SSSR count). The molecule has 3 nitrogen and oxygen atoms in total. The summed E-state index contributed by atoms with van der Waals surface area (Å²) < 4.78 is 1.39. The van der Waals surface area contributed by atoms with Gasteiger partial charge in [-0.25, -0.2) is 0 Å². The predicted octanol–water partition coefficient (Wildman–Crippen LogP) is 5.03. The smallest absolute Gasteiger partial charge is 0.0886 e. The third-order valence-corrected chi connectivity index (χ3v) is 5.72. The Morgan fingerprint density at radius 1 is 1.05 bits per heavy atom. The Balaban J connectivity index is 1.79. The maximum absolute atomic E-state index is 4.44. The van der Waals surface area contributed by atoms with E-state index in [0.29, 0.717) is 0 Å². The summed E-state index contributed by atoms with van der Waals surface area (Å²) in [7, 11) is 0. The number of aryl methyl sites for hydroxylation is 2. The first kappa shape index (κ1) is 12.7. The van der Waals surface area contributed by atoms with Crippen molar-refractivity contribution in [3.63, 3.8) is 0 Å². The first-order valence-electron chi connectivity index (χ1n) is 6.68. The van der Waals surface area contributed by atoms with Crippen LogP contribution in [0.25, 0.3) is 31.2 Å². The van der Waals surface area contributed by atoms with Gasteiger partial charge in [0.05, 0.1) is 21.1 Å². The lowest BCUT2D eigenvalue weighted by Crippen LogP contribution is -1.84. The van der Waals surface area contributed by atoms with Crippen molar-refractivity contribution in [2.24, 2.45) is 0 Å². The molecule has 0 aliphatic heterocycles. The van der Waals surface area contributed by atoms with Gasteiger partial charge in [0.2, 0.25) is 0 Å². The molecule has 0 bridgehead atoms. The summed E-state index contributed by atoms with van der Waals surface area (Å²) in [4.78, 5) is 7.10. The Morgan fingerprint density at radius 3 is 2.71 bits per heavy atom. The van der Waals surface area contributed by atoms with Crippen molar-refractivity contribution < 1.29 is 0 Å². The summed E-state index contributed by atoms with van der Waals surface area (Å²) in [5.74, 6) is 0. The van der Waals surface area contributed by atoms with Gasteiger partial charge in [0.25, 0.3) is 0 Å². The molecule has 4 aromatic heterocycles. The highest BCUT2D eigenvalue weighted by molar-refractivity contribution is 7.39. The van der Waals surface area contributed by atoms with E-state index in [2.05, 4.69) is 46.4 Å². The molecule has 0 aliphatic rings. The lowest BCUT2D eigenvalue weighted by molar-refractivity contribution is 1.05. The third kappa shape index (κ3) is 2.28. The summed E-state index contributed by atoms with van der Waals surface area (Å²) in [6.45, 7) is 4.13. The fourth-order valence-electron chi connectivity index (χ4n) is 2.39. The van der Waals surface area contributed by atoms with Crippen molar-refractivity contribution >= 4 is 32.1 Å². The Bertz CT molecular complexity index is 898. The molecule has 0 aromatic carbocycles. The van der Waals surface area contributed by atoms with Crippen molar-refractivity contribution in [1.82, 2.24) is 15.2 Å². The predicted molar refractivity (Wildman–Crippen MR) is 90.0 cm³/mol. The van der Waals surface area contributed by atoms with Crippen LogP contribution in [-0.2, 0) is 0 Å². The lowest BCUT2D eigenvalue weighted by Gasteiger charge is -2.00. The molecule has 4 aromatic rings. The molecule has 21 heavy (non-hydrogen) atoms. The first-order valence-corrected chi connectivity index (χ1v) is 8.31. The average molecular weight is 311 g/mol. The number of aromatic nitrogens is 3. The Labute approximate surface area is 130 Å². The van der Waals surface area contributed by atoms with Crippen molar-refractivity contribution in [2.45, 2.75) is 13.8 Å². The van der Waals surface area contributed by atoms with Crippen LogP contribution in [0, 0.1) is 13.8 Å². The monoisotopic (exact) mass is 311 g/mol. The van der Waals surface area contributed by atoms with Gasteiger partial charge in [0, 0.05) is 21.3 Å². The van der Waals surface area contributed by atoms with Crippen LogP contribution in [0.3, 0.4) is 0 Å². The number of nitrogens with zero attached hydrogens (tertiary/aromatic N) is 2. The topological polar surface area (TPSA) is 41.6 Å². The third-order valence-electron chi connectivity index (χ3n) is 3.36. The zero-order chi connectivity index (χ0) is 14.4. The molecule has 0 spiro atoms. The summed E-state index contributed by atoms with van der Waals surface area (Å²) in [6, 6.07) is 10.7. The van der Waals surface area contributed by atoms with Gasteiger partial charge in [-0.3, -0.25) is 10.1 Å². The van der Waals surface area contributed by atoms with E-state index >= 15 is 0 Å². The zero-order valence-electron chi connectivity index (χ0n) is 11.7. The van der Waals surface area contributed by atoms with Crippen LogP contribution in [0.15, 0.2) is 36.5 Å². The largest absolute Gasteiger partial charge is 0.276 e. The molecule has 5 heteroatoms. The number of pyridine rings is 1. The molecule has 0 fully saturated rings. The summed E-state index contributed by atoms with van der Waals surface area (Å²) >= 11 is 3.70. The maximum atomic E-state index is 4.44. The zero-order valence-corrected chi connectivity index (χ0v) is 13.3. The van der Waals surface area contributed by atoms with Crippen LogP contribution < -0.4 is 0 Å². The molecule has 0 saturated carbocycles. The quantitative estimate of drug-likeness (QED) is 0.564. The number of hydrogen-bond acceptors (Lipinski definition) is 4. The van der Waals surface area contributed by atoms with Crippen LogP contribution in [-0.4, -0.2) is 15.2 Å². The van der Waals surface area contributed by atoms with E-state index < -0.39 is 0 Å². The van der Waals surface area contributed by atoms with Crippen LogP contribution >= 0.6 is 22.7 Å². The lowest BCUT2D eigenvalue weighted by atomic mass is 10.1. The normalized spacial score (nSPS) is 11.3. The highest BCUT2D eigenvalue weighted by Gasteiger charge is 2.09. The summed E-state index contributed by atoms with van der Waals surface area (Å²) in [5.41, 5.74) is 4.08. The van der Waals surface area contributed by atoms with Gasteiger partial charge in [-0.05, 0) is 49.7 Å². The second-order valence-electron chi connectivity index (χ2n) is 5.06. The molecule has 0 aliphatic carbocycles. The van der Waals surface area contributed by atoms with Gasteiger partial charge < -0.3 is 0 Å². The van der Waals surface area contributed by atoms with Gasteiger partial charge in [0.15, 0.2) is 0 Å². The van der Waals surface area contributed by atoms with Gasteiger partial charge in [-0.2, -0.15) is 5.10 Å². The highest BCUT2D eigenvalue weighted by atomic mass is 32.2. The van der Waals surface area contributed by atoms with Crippen molar-refractivity contribution in [3.05, 3.63) is 47.1 Å². The fraction of sp³-hybridized carbons (Fsp3) is 0.125. The van der Waals surface area contributed by atoms with Crippen molar-refractivity contribution in [2.75, 3.05) is 0 Å². The van der Waals surface area contributed by atoms with E-state index in [1.165, 1.54) is 24.7 Å². The van der Waals surface area contributed by atoms with Gasteiger partial charge in [-0.1, -0.05) is 0 Å². The van der Waals surface area contributed by atoms with Crippen molar-refractivity contribution in [3.8, 4) is 21.8 Å². The van der Waals surface area contributed by atoms with E-state index in [1.807, 2.05) is 41.9 Å². The minimum Gasteiger partial charge on any atom is -0.276 e. The van der Waals surface area contributed by atoms with Crippen LogP contribution in [0.1, 0.15) is 10.6 Å². The van der Waals surface area contributed by atoms with E-state index in [9.17, 15) is 0 Å². The molecule has 0 radical (unpaired) electrons. The highest BCUT2D eigenvalue weighted by Crippen LogP contribution is 2.38. The Hall–Kier alpha value is -1.98. The minimum atomic E-state index is 0.932. The molecule has 0 amide bonds. The number of hydrogen-bond donors (Lipinski definition) is 1. The van der Waals surface area contributed by atoms with Crippen molar-refractivity contribution in [1.29, 1.82) is 0 Å². The molecule has 4 heterocycles. The molecule has 1 N–H and O–H groups in total. The second-order valence-corrected chi connectivity index (χ2v) is 7.63. The molecule has 104 valence electrons. The number of nitrogens with one attached hydrogen (secondary N) is 1. The van der Waals surface area contributed by atoms with E-state index in [1.54, 1.807) is 0 Å². The fourth-order valence-corrected chi connectivity index (χ4v) is 4.80. The van der Waals surface area contributed by atoms with Crippen LogP contribution in [0.4, 0.5) is 0 Å². The van der Waals surface area contributed by atoms with E-state index in [0.717, 1.165) is 17.1 Å². The molecular weight excluding hydrogens is 298 g/mol. The molecular formula is C16H13N3S2.